The van der Waals surface area contributed by atoms with Crippen molar-refractivity contribution in [3.8, 4) is 0 Å². The second-order valence-corrected chi connectivity index (χ2v) is 5.86. The van der Waals surface area contributed by atoms with Crippen LogP contribution in [-0.4, -0.2) is 23.3 Å². The lowest BCUT2D eigenvalue weighted by Crippen LogP contribution is -2.44. The van der Waals surface area contributed by atoms with E-state index in [1.165, 1.54) is 0 Å². The van der Waals surface area contributed by atoms with Crippen molar-refractivity contribution in [3.63, 3.8) is 0 Å². The van der Waals surface area contributed by atoms with Gasteiger partial charge in [0, 0.05) is 4.88 Å². The van der Waals surface area contributed by atoms with E-state index in [0.29, 0.717) is 0 Å². The van der Waals surface area contributed by atoms with Crippen LogP contribution in [0.1, 0.15) is 24.8 Å². The summed E-state index contributed by atoms with van der Waals surface area (Å²) >= 11 is 6.17. The number of hydrogen-bond donors (Lipinski definition) is 3. The van der Waals surface area contributed by atoms with Crippen LogP contribution in [0.5, 0.6) is 0 Å². The fourth-order valence-corrected chi connectivity index (χ4v) is 2.51. The zero-order chi connectivity index (χ0) is 14.4. The molecule has 19 heavy (non-hydrogen) atoms. The van der Waals surface area contributed by atoms with Gasteiger partial charge in [0.15, 0.2) is 0 Å². The first-order chi connectivity index (χ1) is 8.91. The molecule has 1 atom stereocenters. The Hall–Kier alpha value is -1.47. The lowest BCUT2D eigenvalue weighted by Gasteiger charge is -2.20. The minimum absolute atomic E-state index is 0.0208. The van der Waals surface area contributed by atoms with Crippen LogP contribution in [0.25, 0.3) is 0 Å². The molecule has 1 rings (SSSR count). The molecule has 2 amide bonds. The predicted octanol–water partition coefficient (Wildman–Crippen LogP) is 0.964. The highest BCUT2D eigenvalue weighted by molar-refractivity contribution is 7.80. The number of carbonyl (C=O) groups is 2. The van der Waals surface area contributed by atoms with E-state index in [-0.39, 0.29) is 23.5 Å². The molecule has 104 valence electrons. The molecule has 0 aliphatic heterocycles. The van der Waals surface area contributed by atoms with Crippen molar-refractivity contribution in [2.24, 2.45) is 11.7 Å². The summed E-state index contributed by atoms with van der Waals surface area (Å²) in [5.74, 6) is -1.22. The van der Waals surface area contributed by atoms with Crippen molar-refractivity contribution in [1.82, 2.24) is 10.6 Å². The van der Waals surface area contributed by atoms with Gasteiger partial charge in [0.25, 0.3) is 0 Å². The van der Waals surface area contributed by atoms with Gasteiger partial charge < -0.3 is 16.4 Å². The molecular weight excluding hydrogens is 282 g/mol. The maximum absolute atomic E-state index is 11.8. The number of carbonyl (C=O) groups excluding carboxylic acids is 2. The summed E-state index contributed by atoms with van der Waals surface area (Å²) in [6.45, 7) is 3.99. The summed E-state index contributed by atoms with van der Waals surface area (Å²) < 4.78 is 0. The van der Waals surface area contributed by atoms with Crippen molar-refractivity contribution in [2.75, 3.05) is 6.54 Å². The summed E-state index contributed by atoms with van der Waals surface area (Å²) in [6, 6.07) is 3.67. The third kappa shape index (κ3) is 4.96. The fraction of sp³-hybridized carbons (Fsp3) is 0.417. The van der Waals surface area contributed by atoms with Crippen molar-refractivity contribution < 1.29 is 9.59 Å². The Kier molecular flexibility index (Phi) is 5.91. The molecule has 0 saturated carbocycles. The Bertz CT molecular complexity index is 458. The van der Waals surface area contributed by atoms with Gasteiger partial charge in [-0.05, 0) is 17.4 Å². The van der Waals surface area contributed by atoms with E-state index in [9.17, 15) is 9.59 Å². The van der Waals surface area contributed by atoms with Crippen LogP contribution >= 0.6 is 23.6 Å². The first-order valence-electron chi connectivity index (χ1n) is 5.82. The Morgan fingerprint density at radius 3 is 2.58 bits per heavy atom. The smallest absolute Gasteiger partial charge is 0.309 e. The van der Waals surface area contributed by atoms with E-state index in [1.54, 1.807) is 11.3 Å². The van der Waals surface area contributed by atoms with E-state index < -0.39 is 11.8 Å². The van der Waals surface area contributed by atoms with E-state index in [2.05, 4.69) is 22.9 Å². The number of amides is 2. The van der Waals surface area contributed by atoms with Gasteiger partial charge in [-0.3, -0.25) is 9.59 Å². The largest absolute Gasteiger partial charge is 0.392 e. The van der Waals surface area contributed by atoms with Crippen molar-refractivity contribution in [1.29, 1.82) is 0 Å². The minimum Gasteiger partial charge on any atom is -0.392 e. The van der Waals surface area contributed by atoms with Crippen LogP contribution in [0, 0.1) is 5.92 Å². The molecule has 0 aliphatic rings. The summed E-state index contributed by atoms with van der Waals surface area (Å²) in [5, 5.41) is 7.01. The second kappa shape index (κ2) is 7.20. The molecular formula is C12H17N3O2S2. The number of nitrogens with two attached hydrogens (primary N) is 1. The van der Waals surface area contributed by atoms with Crippen LogP contribution in [0.15, 0.2) is 17.5 Å². The summed E-state index contributed by atoms with van der Waals surface area (Å²) in [5.41, 5.74) is 5.25. The molecule has 0 fully saturated rings. The Balaban J connectivity index is 2.62. The molecule has 7 heteroatoms. The molecule has 0 aliphatic carbocycles. The fourth-order valence-electron chi connectivity index (χ4n) is 1.49. The zero-order valence-electron chi connectivity index (χ0n) is 10.8. The highest BCUT2D eigenvalue weighted by Gasteiger charge is 2.22. The Labute approximate surface area is 121 Å². The Morgan fingerprint density at radius 1 is 1.42 bits per heavy atom. The third-order valence-corrected chi connectivity index (χ3v) is 3.53. The molecule has 0 radical (unpaired) electrons. The third-order valence-electron chi connectivity index (χ3n) is 2.43. The van der Waals surface area contributed by atoms with Crippen LogP contribution < -0.4 is 16.4 Å². The minimum atomic E-state index is -0.727. The van der Waals surface area contributed by atoms with Gasteiger partial charge in [-0.2, -0.15) is 0 Å². The molecule has 0 saturated heterocycles. The van der Waals surface area contributed by atoms with E-state index in [4.69, 9.17) is 5.73 Å². The first-order valence-corrected chi connectivity index (χ1v) is 7.11. The molecule has 1 aromatic heterocycles. The van der Waals surface area contributed by atoms with Crippen LogP contribution in [0.2, 0.25) is 0 Å². The topological polar surface area (TPSA) is 84.2 Å². The van der Waals surface area contributed by atoms with Gasteiger partial charge in [-0.25, -0.2) is 0 Å². The average molecular weight is 299 g/mol. The van der Waals surface area contributed by atoms with Gasteiger partial charge in [0.05, 0.1) is 17.6 Å². The molecule has 0 spiro atoms. The average Bonchev–Trinajstić information content (AvgIpc) is 2.85. The van der Waals surface area contributed by atoms with E-state index in [1.807, 2.05) is 31.4 Å². The number of nitrogens with one attached hydrogen (secondary N) is 2. The molecule has 1 heterocycles. The van der Waals surface area contributed by atoms with Gasteiger partial charge in [0.2, 0.25) is 0 Å². The number of thiophene rings is 1. The number of hydrogen-bond acceptors (Lipinski definition) is 4. The number of thiocarbonyl (C=S) groups is 1. The quantitative estimate of drug-likeness (QED) is 0.558. The maximum atomic E-state index is 11.8. The van der Waals surface area contributed by atoms with Crippen LogP contribution in [0.3, 0.4) is 0 Å². The van der Waals surface area contributed by atoms with Crippen molar-refractivity contribution in [2.45, 2.75) is 19.9 Å². The molecule has 4 N–H and O–H groups in total. The predicted molar refractivity (Wildman–Crippen MR) is 79.8 cm³/mol. The van der Waals surface area contributed by atoms with Gasteiger partial charge in [-0.15, -0.1) is 11.3 Å². The lowest BCUT2D eigenvalue weighted by atomic mass is 10.0. The Morgan fingerprint density at radius 2 is 2.11 bits per heavy atom. The SMILES string of the molecule is CC(C)C(NC(=O)C(=O)NCC(N)=S)c1cccs1. The molecule has 0 bridgehead atoms. The standard InChI is InChI=1S/C12H17N3O2S2/c1-7(2)10(8-4-3-5-19-8)15-12(17)11(16)14-6-9(13)18/h3-5,7,10H,6H2,1-2H3,(H2,13,18)(H,14,16)(H,15,17). The molecule has 5 nitrogen and oxygen atoms in total. The monoisotopic (exact) mass is 299 g/mol. The normalized spacial score (nSPS) is 11.9. The molecule has 1 aromatic rings. The van der Waals surface area contributed by atoms with Gasteiger partial charge >= 0.3 is 11.8 Å². The first kappa shape index (κ1) is 15.6. The van der Waals surface area contributed by atoms with Crippen molar-refractivity contribution >= 4 is 40.4 Å². The van der Waals surface area contributed by atoms with Crippen molar-refractivity contribution in [3.05, 3.63) is 22.4 Å². The zero-order valence-corrected chi connectivity index (χ0v) is 12.4. The van der Waals surface area contributed by atoms with Crippen LogP contribution in [-0.2, 0) is 9.59 Å². The summed E-state index contributed by atoms with van der Waals surface area (Å²) in [4.78, 5) is 24.5. The van der Waals surface area contributed by atoms with E-state index in [0.717, 1.165) is 4.88 Å². The van der Waals surface area contributed by atoms with Crippen LogP contribution in [0.4, 0.5) is 0 Å². The van der Waals surface area contributed by atoms with Gasteiger partial charge in [0.1, 0.15) is 0 Å². The summed E-state index contributed by atoms with van der Waals surface area (Å²) in [7, 11) is 0. The lowest BCUT2D eigenvalue weighted by molar-refractivity contribution is -0.139. The maximum Gasteiger partial charge on any atom is 0.309 e. The van der Waals surface area contributed by atoms with E-state index >= 15 is 0 Å². The second-order valence-electron chi connectivity index (χ2n) is 4.36. The molecule has 1 unspecified atom stereocenters. The highest BCUT2D eigenvalue weighted by Crippen LogP contribution is 2.25. The number of rotatable bonds is 5. The molecule has 0 aromatic carbocycles. The highest BCUT2D eigenvalue weighted by atomic mass is 32.1. The van der Waals surface area contributed by atoms with Gasteiger partial charge in [-0.1, -0.05) is 32.1 Å². The summed E-state index contributed by atoms with van der Waals surface area (Å²) in [6.07, 6.45) is 0.